The van der Waals surface area contributed by atoms with Crippen LogP contribution in [0.1, 0.15) is 31.9 Å². The monoisotopic (exact) mass is 466 g/mol. The number of nitrogens with one attached hydrogen (secondary N) is 1. The van der Waals surface area contributed by atoms with E-state index in [2.05, 4.69) is 63.2 Å². The van der Waals surface area contributed by atoms with E-state index in [-0.39, 0.29) is 17.9 Å². The molecule has 0 fully saturated rings. The van der Waals surface area contributed by atoms with Crippen molar-refractivity contribution in [2.24, 2.45) is 5.10 Å². The molecule has 4 nitrogen and oxygen atoms in total. The largest absolute Gasteiger partial charge is 0.483 e. The number of ether oxygens (including phenoxy) is 1. The number of carbonyl (C=O) groups excluding carboxylic acids is 1. The van der Waals surface area contributed by atoms with Crippen LogP contribution in [0.3, 0.4) is 0 Å². The molecule has 0 saturated carbocycles. The molecule has 0 atom stereocenters. The molecule has 0 aromatic heterocycles. The van der Waals surface area contributed by atoms with E-state index in [0.29, 0.717) is 5.75 Å². The Morgan fingerprint density at radius 1 is 1.16 bits per heavy atom. The maximum atomic E-state index is 11.8. The van der Waals surface area contributed by atoms with Crippen molar-refractivity contribution < 1.29 is 9.53 Å². The number of halogens is 2. The zero-order valence-electron chi connectivity index (χ0n) is 14.3. The summed E-state index contributed by atoms with van der Waals surface area (Å²) in [4.78, 5) is 11.8. The Morgan fingerprint density at radius 2 is 1.84 bits per heavy atom. The van der Waals surface area contributed by atoms with Crippen LogP contribution in [-0.2, 0) is 10.2 Å². The maximum absolute atomic E-state index is 11.8. The molecule has 0 saturated heterocycles. The highest BCUT2D eigenvalue weighted by Gasteiger charge is 2.15. The first-order chi connectivity index (χ1) is 11.8. The number of rotatable bonds is 5. The van der Waals surface area contributed by atoms with Gasteiger partial charge in [0.2, 0.25) is 0 Å². The smallest absolute Gasteiger partial charge is 0.277 e. The van der Waals surface area contributed by atoms with Crippen molar-refractivity contribution in [3.63, 3.8) is 0 Å². The van der Waals surface area contributed by atoms with Crippen LogP contribution in [0.2, 0.25) is 0 Å². The van der Waals surface area contributed by atoms with E-state index < -0.39 is 0 Å². The van der Waals surface area contributed by atoms with Gasteiger partial charge < -0.3 is 4.74 Å². The molecule has 0 heterocycles. The standard InChI is InChI=1S/C19H20Br2N2O2/c1-19(2,3)14-6-9-17(16(21)10-14)25-12-18(24)23-22-11-13-4-7-15(20)8-5-13/h4-11H,12H2,1-3H3,(H,23,24)/b22-11-. The average Bonchev–Trinajstić information content (AvgIpc) is 2.54. The first kappa shape index (κ1) is 19.7. The lowest BCUT2D eigenvalue weighted by Crippen LogP contribution is -2.24. The molecule has 0 bridgehead atoms. The van der Waals surface area contributed by atoms with Gasteiger partial charge in [0, 0.05) is 4.47 Å². The van der Waals surface area contributed by atoms with Crippen molar-refractivity contribution in [2.75, 3.05) is 6.61 Å². The summed E-state index contributed by atoms with van der Waals surface area (Å²) in [7, 11) is 0. The molecule has 0 unspecified atom stereocenters. The number of carbonyl (C=O) groups is 1. The van der Waals surface area contributed by atoms with Crippen molar-refractivity contribution in [1.29, 1.82) is 0 Å². The summed E-state index contributed by atoms with van der Waals surface area (Å²) in [5.74, 6) is 0.306. The normalized spacial score (nSPS) is 11.6. The first-order valence-corrected chi connectivity index (χ1v) is 9.34. The SMILES string of the molecule is CC(C)(C)c1ccc(OCC(=O)N/N=C\c2ccc(Br)cc2)c(Br)c1. The predicted molar refractivity (Wildman–Crippen MR) is 108 cm³/mol. The Kier molecular flexibility index (Phi) is 6.79. The molecule has 0 aliphatic carbocycles. The van der Waals surface area contributed by atoms with Crippen molar-refractivity contribution in [3.05, 3.63) is 62.5 Å². The lowest BCUT2D eigenvalue weighted by atomic mass is 9.87. The number of benzene rings is 2. The number of hydrogen-bond acceptors (Lipinski definition) is 3. The van der Waals surface area contributed by atoms with E-state index in [0.717, 1.165) is 14.5 Å². The second kappa shape index (κ2) is 8.63. The fourth-order valence-electron chi connectivity index (χ4n) is 1.99. The van der Waals surface area contributed by atoms with Gasteiger partial charge in [0.05, 0.1) is 10.7 Å². The minimum absolute atomic E-state index is 0.0557. The lowest BCUT2D eigenvalue weighted by molar-refractivity contribution is -0.123. The second-order valence-corrected chi connectivity index (χ2v) is 8.30. The number of hydrazone groups is 1. The van der Waals surface area contributed by atoms with Crippen molar-refractivity contribution in [1.82, 2.24) is 5.43 Å². The van der Waals surface area contributed by atoms with Crippen LogP contribution in [0.5, 0.6) is 5.75 Å². The summed E-state index contributed by atoms with van der Waals surface area (Å²) in [6.45, 7) is 6.33. The van der Waals surface area contributed by atoms with E-state index in [4.69, 9.17) is 4.74 Å². The van der Waals surface area contributed by atoms with E-state index in [1.54, 1.807) is 6.21 Å². The molecule has 2 aromatic rings. The van der Waals surface area contributed by atoms with Gasteiger partial charge in [-0.3, -0.25) is 4.79 Å². The summed E-state index contributed by atoms with van der Waals surface area (Å²) >= 11 is 6.85. The highest BCUT2D eigenvalue weighted by molar-refractivity contribution is 9.10. The predicted octanol–water partition coefficient (Wildman–Crippen LogP) is 5.04. The summed E-state index contributed by atoms with van der Waals surface area (Å²) in [6, 6.07) is 13.5. The quantitative estimate of drug-likeness (QED) is 0.494. The summed E-state index contributed by atoms with van der Waals surface area (Å²) in [5.41, 5.74) is 4.59. The molecular weight excluding hydrogens is 448 g/mol. The Balaban J connectivity index is 1.86. The van der Waals surface area contributed by atoms with Gasteiger partial charge in [-0.15, -0.1) is 0 Å². The van der Waals surface area contributed by atoms with Gasteiger partial charge in [0.1, 0.15) is 5.75 Å². The van der Waals surface area contributed by atoms with Gasteiger partial charge in [-0.2, -0.15) is 5.10 Å². The summed E-state index contributed by atoms with van der Waals surface area (Å²) in [6.07, 6.45) is 1.58. The lowest BCUT2D eigenvalue weighted by Gasteiger charge is -2.20. The van der Waals surface area contributed by atoms with Gasteiger partial charge in [0.15, 0.2) is 6.61 Å². The van der Waals surface area contributed by atoms with E-state index in [1.165, 1.54) is 5.56 Å². The molecule has 0 radical (unpaired) electrons. The van der Waals surface area contributed by atoms with Crippen LogP contribution in [0, 0.1) is 0 Å². The van der Waals surface area contributed by atoms with Crippen molar-refractivity contribution >= 4 is 44.0 Å². The molecular formula is C19H20Br2N2O2. The number of hydrogen-bond donors (Lipinski definition) is 1. The number of amides is 1. The van der Waals surface area contributed by atoms with E-state index in [1.807, 2.05) is 42.5 Å². The van der Waals surface area contributed by atoms with Gasteiger partial charge in [-0.05, 0) is 56.7 Å². The van der Waals surface area contributed by atoms with Gasteiger partial charge in [-0.1, -0.05) is 54.9 Å². The van der Waals surface area contributed by atoms with Crippen LogP contribution in [0.25, 0.3) is 0 Å². The van der Waals surface area contributed by atoms with Crippen molar-refractivity contribution in [3.8, 4) is 5.75 Å². The Bertz CT molecular complexity index is 766. The zero-order valence-corrected chi connectivity index (χ0v) is 17.5. The third-order valence-corrected chi connectivity index (χ3v) is 4.58. The van der Waals surface area contributed by atoms with Crippen LogP contribution in [-0.4, -0.2) is 18.7 Å². The molecule has 1 N–H and O–H groups in total. The van der Waals surface area contributed by atoms with Gasteiger partial charge in [0.25, 0.3) is 5.91 Å². The van der Waals surface area contributed by atoms with E-state index in [9.17, 15) is 4.79 Å². The minimum atomic E-state index is -0.319. The third-order valence-electron chi connectivity index (χ3n) is 3.43. The van der Waals surface area contributed by atoms with Gasteiger partial charge in [-0.25, -0.2) is 5.43 Å². The second-order valence-electron chi connectivity index (χ2n) is 6.53. The summed E-state index contributed by atoms with van der Waals surface area (Å²) < 4.78 is 7.36. The van der Waals surface area contributed by atoms with Gasteiger partial charge >= 0.3 is 0 Å². The van der Waals surface area contributed by atoms with E-state index >= 15 is 0 Å². The van der Waals surface area contributed by atoms with Crippen LogP contribution >= 0.6 is 31.9 Å². The maximum Gasteiger partial charge on any atom is 0.277 e. The molecule has 0 aliphatic rings. The first-order valence-electron chi connectivity index (χ1n) is 7.76. The van der Waals surface area contributed by atoms with Crippen LogP contribution in [0.4, 0.5) is 0 Å². The molecule has 132 valence electrons. The molecule has 1 amide bonds. The highest BCUT2D eigenvalue weighted by atomic mass is 79.9. The van der Waals surface area contributed by atoms with Crippen LogP contribution in [0.15, 0.2) is 56.5 Å². The Labute approximate surface area is 164 Å². The van der Waals surface area contributed by atoms with Crippen LogP contribution < -0.4 is 10.2 Å². The fraction of sp³-hybridized carbons (Fsp3) is 0.263. The number of nitrogens with zero attached hydrogens (tertiary/aromatic N) is 1. The average molecular weight is 468 g/mol. The summed E-state index contributed by atoms with van der Waals surface area (Å²) in [5, 5.41) is 3.92. The minimum Gasteiger partial charge on any atom is -0.483 e. The molecule has 0 aliphatic heterocycles. The fourth-order valence-corrected chi connectivity index (χ4v) is 2.75. The molecule has 2 rings (SSSR count). The molecule has 6 heteroatoms. The Morgan fingerprint density at radius 3 is 2.44 bits per heavy atom. The highest BCUT2D eigenvalue weighted by Crippen LogP contribution is 2.31. The third kappa shape index (κ3) is 6.29. The van der Waals surface area contributed by atoms with Crippen molar-refractivity contribution in [2.45, 2.75) is 26.2 Å². The molecule has 25 heavy (non-hydrogen) atoms. The molecule has 0 spiro atoms. The zero-order chi connectivity index (χ0) is 18.4. The Hall–Kier alpha value is -1.66. The topological polar surface area (TPSA) is 50.7 Å². The molecule has 2 aromatic carbocycles.